The van der Waals surface area contributed by atoms with Gasteiger partial charge in [-0.1, -0.05) is 6.58 Å². The molecule has 3 nitrogen and oxygen atoms in total. The van der Waals surface area contributed by atoms with Crippen LogP contribution < -0.4 is 5.32 Å². The molecule has 0 heterocycles. The van der Waals surface area contributed by atoms with Crippen molar-refractivity contribution in [2.45, 2.75) is 6.92 Å². The second-order valence-corrected chi connectivity index (χ2v) is 1.48. The first kappa shape index (κ1) is 7.88. The largest absolute Gasteiger partial charge is 0.345 e. The first-order valence-electron chi connectivity index (χ1n) is 2.57. The Morgan fingerprint density at radius 3 is 2.56 bits per heavy atom. The number of nitrogens with one attached hydrogen (secondary N) is 1. The molecule has 3 heteroatoms. The van der Waals surface area contributed by atoms with Crippen LogP contribution in [0.3, 0.4) is 0 Å². The highest BCUT2D eigenvalue weighted by atomic mass is 16.1. The number of ketones is 1. The average Bonchev–Trinajstić information content (AvgIpc) is 1.82. The van der Waals surface area contributed by atoms with Gasteiger partial charge in [0.25, 0.3) is 0 Å². The predicted molar refractivity (Wildman–Crippen MR) is 39.5 cm³/mol. The van der Waals surface area contributed by atoms with Crippen LogP contribution in [-0.2, 0) is 4.79 Å². The molecule has 0 aliphatic rings. The molecule has 0 aliphatic heterocycles. The normalized spacial score (nSPS) is 10.7. The van der Waals surface area contributed by atoms with Crippen molar-refractivity contribution in [1.82, 2.24) is 5.32 Å². The number of aliphatic imine (C=N–C) groups is 1. The maximum Gasteiger partial charge on any atom is 0.194 e. The molecule has 0 spiro atoms. The summed E-state index contributed by atoms with van der Waals surface area (Å²) in [7, 11) is 1.55. The molecule has 0 fully saturated rings. The summed E-state index contributed by atoms with van der Waals surface area (Å²) >= 11 is 0. The smallest absolute Gasteiger partial charge is 0.194 e. The molecular formula is C6H12N2O. The number of rotatable bonds is 2. The summed E-state index contributed by atoms with van der Waals surface area (Å²) in [6.45, 7) is 4.83. The van der Waals surface area contributed by atoms with Crippen molar-refractivity contribution in [3.8, 4) is 0 Å². The van der Waals surface area contributed by atoms with Gasteiger partial charge in [-0.05, 0) is 6.20 Å². The number of hydrogen-bond acceptors (Lipinski definition) is 2. The van der Waals surface area contributed by atoms with Crippen LogP contribution in [0.1, 0.15) is 8.35 Å². The number of amidine groups is 1. The maximum atomic E-state index is 10.5. The Balaban J connectivity index is 0. The summed E-state index contributed by atoms with van der Waals surface area (Å²) in [5, 5.41) is 2.60. The van der Waals surface area contributed by atoms with Gasteiger partial charge < -0.3 is 5.32 Å². The van der Waals surface area contributed by atoms with E-state index in [9.17, 15) is 4.79 Å². The average molecular weight is 128 g/mol. The van der Waals surface area contributed by atoms with E-state index >= 15 is 0 Å². The zero-order chi connectivity index (χ0) is 7.28. The van der Waals surface area contributed by atoms with E-state index in [0.29, 0.717) is 5.84 Å². The molecule has 52 valence electrons. The van der Waals surface area contributed by atoms with E-state index in [1.165, 1.54) is 13.1 Å². The highest BCUT2D eigenvalue weighted by Gasteiger charge is 1.98. The molecule has 0 aromatic carbocycles. The first-order valence-corrected chi connectivity index (χ1v) is 2.57. The van der Waals surface area contributed by atoms with E-state index in [0.717, 1.165) is 0 Å². The Morgan fingerprint density at radius 1 is 1.89 bits per heavy atom. The summed E-state index contributed by atoms with van der Waals surface area (Å²) in [4.78, 5) is 14.2. The molecule has 0 aliphatic carbocycles. The minimum absolute atomic E-state index is 0. The van der Waals surface area contributed by atoms with Gasteiger partial charge in [0.1, 0.15) is 0 Å². The monoisotopic (exact) mass is 128 g/mol. The fourth-order valence-corrected chi connectivity index (χ4v) is 0.420. The molecule has 0 saturated heterocycles. The van der Waals surface area contributed by atoms with Crippen molar-refractivity contribution in [2.24, 2.45) is 4.99 Å². The van der Waals surface area contributed by atoms with Gasteiger partial charge in [0, 0.05) is 15.4 Å². The summed E-state index contributed by atoms with van der Waals surface area (Å²) in [6, 6.07) is 0. The summed E-state index contributed by atoms with van der Waals surface area (Å²) in [5.74, 6) is 0.252. The van der Waals surface area contributed by atoms with E-state index in [2.05, 4.69) is 16.9 Å². The molecule has 0 amide bonds. The molecule has 1 N–H and O–H groups in total. The Labute approximate surface area is 56.0 Å². The van der Waals surface area contributed by atoms with Crippen molar-refractivity contribution < 1.29 is 6.22 Å². The van der Waals surface area contributed by atoms with Gasteiger partial charge in [-0.25, -0.2) is 0 Å². The summed E-state index contributed by atoms with van der Waals surface area (Å²) in [6.07, 6.45) is 1.42. The van der Waals surface area contributed by atoms with E-state index in [-0.39, 0.29) is 7.21 Å². The molecule has 0 atom stereocenters. The number of Topliss-reactive ketones (excluding diaryl/α,β-unsaturated/α-hetero) is 1. The molecule has 0 unspecified atom stereocenters. The zero-order valence-electron chi connectivity index (χ0n) is 5.64. The van der Waals surface area contributed by atoms with Crippen molar-refractivity contribution in [1.29, 1.82) is 0 Å². The molecular weight excluding hydrogens is 116 g/mol. The van der Waals surface area contributed by atoms with Gasteiger partial charge in [-0.3, -0.25) is 9.79 Å². The van der Waals surface area contributed by atoms with E-state index < -0.39 is 0 Å². The van der Waals surface area contributed by atoms with Gasteiger partial charge in [-0.15, -0.1) is 0 Å². The highest BCUT2D eigenvalue weighted by Crippen LogP contribution is 1.73. The molecule has 0 aromatic heterocycles. The Bertz CT molecular complexity index is 154. The van der Waals surface area contributed by atoms with Gasteiger partial charge in [-0.2, -0.15) is 0 Å². The SMILES string of the molecule is C=CNC(=NC)C(C)=O.[HH]. The Kier molecular flexibility index (Phi) is 3.35. The van der Waals surface area contributed by atoms with E-state index in [4.69, 9.17) is 0 Å². The van der Waals surface area contributed by atoms with Crippen molar-refractivity contribution in [2.75, 3.05) is 7.05 Å². The quantitative estimate of drug-likeness (QED) is 0.436. The number of nitrogens with zero attached hydrogens (tertiary/aromatic N) is 1. The van der Waals surface area contributed by atoms with Gasteiger partial charge >= 0.3 is 0 Å². The second kappa shape index (κ2) is 3.83. The van der Waals surface area contributed by atoms with Gasteiger partial charge in [0.2, 0.25) is 0 Å². The summed E-state index contributed by atoms with van der Waals surface area (Å²) in [5.41, 5.74) is 0. The summed E-state index contributed by atoms with van der Waals surface area (Å²) < 4.78 is 0. The Morgan fingerprint density at radius 2 is 2.44 bits per heavy atom. The number of carbonyl (C=O) groups excluding carboxylic acids is 1. The molecule has 0 radical (unpaired) electrons. The van der Waals surface area contributed by atoms with Crippen molar-refractivity contribution in [3.63, 3.8) is 0 Å². The number of hydrogen-bond donors (Lipinski definition) is 1. The molecule has 0 bridgehead atoms. The molecule has 9 heavy (non-hydrogen) atoms. The van der Waals surface area contributed by atoms with Crippen LogP contribution in [0.2, 0.25) is 0 Å². The topological polar surface area (TPSA) is 41.5 Å². The molecule has 0 rings (SSSR count). The van der Waals surface area contributed by atoms with Crippen LogP contribution in [0, 0.1) is 0 Å². The van der Waals surface area contributed by atoms with Crippen LogP contribution >= 0.6 is 0 Å². The second-order valence-electron chi connectivity index (χ2n) is 1.48. The lowest BCUT2D eigenvalue weighted by molar-refractivity contribution is -0.111. The molecule has 0 aromatic rings. The third-order valence-electron chi connectivity index (χ3n) is 0.796. The van der Waals surface area contributed by atoms with Gasteiger partial charge in [0.05, 0.1) is 0 Å². The van der Waals surface area contributed by atoms with Crippen molar-refractivity contribution in [3.05, 3.63) is 12.8 Å². The van der Waals surface area contributed by atoms with Crippen molar-refractivity contribution >= 4 is 11.6 Å². The minimum Gasteiger partial charge on any atom is -0.345 e. The van der Waals surface area contributed by atoms with Crippen LogP contribution in [0.5, 0.6) is 0 Å². The Hall–Kier alpha value is -1.12. The fourth-order valence-electron chi connectivity index (χ4n) is 0.420. The maximum absolute atomic E-state index is 10.5. The van der Waals surface area contributed by atoms with Crippen LogP contribution in [0.4, 0.5) is 0 Å². The number of carbonyl (C=O) groups is 1. The lowest BCUT2D eigenvalue weighted by Gasteiger charge is -1.96. The fraction of sp³-hybridized carbons (Fsp3) is 0.333. The molecule has 0 saturated carbocycles. The third-order valence-corrected chi connectivity index (χ3v) is 0.796. The lowest BCUT2D eigenvalue weighted by atomic mass is 10.4. The zero-order valence-corrected chi connectivity index (χ0v) is 5.64. The third kappa shape index (κ3) is 2.64. The highest BCUT2D eigenvalue weighted by molar-refractivity contribution is 6.38. The predicted octanol–water partition coefficient (Wildman–Crippen LogP) is 0.583. The standard InChI is InChI=1S/C6H10N2O.H2/c1-4-8-6(7-3)5(2)9;/h4H,1H2,2-3H3,(H,7,8);1H. The minimum atomic E-state index is -0.0857. The van der Waals surface area contributed by atoms with Gasteiger partial charge in [0.15, 0.2) is 11.6 Å². The van der Waals surface area contributed by atoms with Crippen LogP contribution in [0.15, 0.2) is 17.8 Å². The van der Waals surface area contributed by atoms with Crippen LogP contribution in [-0.4, -0.2) is 18.7 Å². The lowest BCUT2D eigenvalue weighted by Crippen LogP contribution is -2.24. The van der Waals surface area contributed by atoms with E-state index in [1.54, 1.807) is 7.05 Å². The van der Waals surface area contributed by atoms with Crippen LogP contribution in [0.25, 0.3) is 0 Å². The van der Waals surface area contributed by atoms with E-state index in [1.807, 2.05) is 0 Å². The first-order chi connectivity index (χ1) is 4.22.